The Labute approximate surface area is 259 Å². The fourth-order valence-corrected chi connectivity index (χ4v) is 4.61. The summed E-state index contributed by atoms with van der Waals surface area (Å²) in [5.41, 5.74) is 1.74. The van der Waals surface area contributed by atoms with Gasteiger partial charge in [-0.3, -0.25) is 9.47 Å². The van der Waals surface area contributed by atoms with E-state index in [1.165, 1.54) is 18.3 Å². The van der Waals surface area contributed by atoms with E-state index < -0.39 is 23.2 Å². The Morgan fingerprint density at radius 1 is 1.09 bits per heavy atom. The topological polar surface area (TPSA) is 190 Å². The lowest BCUT2D eigenvalue weighted by molar-refractivity contribution is -0.389. The summed E-state index contributed by atoms with van der Waals surface area (Å²) >= 11 is 0. The number of fused-ring (bicyclic) bond motifs is 1. The molecule has 2 N–H and O–H groups in total. The molecule has 2 aliphatic heterocycles. The number of hydrogen-bond donors (Lipinski definition) is 2. The second kappa shape index (κ2) is 14.5. The van der Waals surface area contributed by atoms with Gasteiger partial charge in [0.25, 0.3) is 0 Å². The van der Waals surface area contributed by atoms with E-state index in [9.17, 15) is 32.9 Å². The van der Waals surface area contributed by atoms with Crippen LogP contribution in [0.2, 0.25) is 0 Å². The third kappa shape index (κ3) is 9.52. The minimum atomic E-state index is -4.71. The lowest BCUT2D eigenvalue weighted by atomic mass is 10.2. The molecule has 1 unspecified atom stereocenters. The second-order valence-electron chi connectivity index (χ2n) is 10.1. The van der Waals surface area contributed by atoms with Gasteiger partial charge in [-0.2, -0.15) is 0 Å². The number of aromatic nitrogens is 4. The van der Waals surface area contributed by atoms with Crippen LogP contribution in [0.3, 0.4) is 0 Å². The number of likely N-dealkylation sites (N-methyl/N-ethyl adjacent to an activating group) is 1. The molecule has 0 saturated carbocycles. The highest BCUT2D eigenvalue weighted by Gasteiger charge is 2.31. The second-order valence-corrected chi connectivity index (χ2v) is 10.1. The largest absolute Gasteiger partial charge is 0.573 e. The normalized spacial score (nSPS) is 16.3. The molecule has 0 spiro atoms. The number of carboxylic acid groups (broad SMARTS) is 2. The van der Waals surface area contributed by atoms with Crippen LogP contribution in [-0.2, 0) is 22.7 Å². The standard InChI is InChI=1S/C23H25F3N8O4.C4H4O4/c1-30(18-13-33-14-20(34(35)36)29-22(33)37-15-18)12-16-10-27-21(28-11-16)32-8-6-31(7-9-32)17-2-4-19(5-3-17)38-23(24,25)26;5-3(6)1-2-4(7)8/h2-5,10-11,14,18H,6-9,12-13,15H2,1H3;1-2H,(H,5,6)(H,7,8)/b;2-1+. The smallest absolute Gasteiger partial charge is 0.478 e. The zero-order valence-electron chi connectivity index (χ0n) is 24.3. The van der Waals surface area contributed by atoms with Gasteiger partial charge in [0.1, 0.15) is 18.6 Å². The van der Waals surface area contributed by atoms with Crippen molar-refractivity contribution in [1.82, 2.24) is 24.4 Å². The first-order chi connectivity index (χ1) is 21.8. The van der Waals surface area contributed by atoms with Crippen molar-refractivity contribution in [1.29, 1.82) is 0 Å². The molecule has 3 aromatic rings. The van der Waals surface area contributed by atoms with Crippen LogP contribution in [0.4, 0.5) is 30.6 Å². The Morgan fingerprint density at radius 2 is 1.67 bits per heavy atom. The highest BCUT2D eigenvalue weighted by atomic mass is 19.4. The summed E-state index contributed by atoms with van der Waals surface area (Å²) in [7, 11) is 1.94. The van der Waals surface area contributed by atoms with Gasteiger partial charge < -0.3 is 39.6 Å². The first-order valence-electron chi connectivity index (χ1n) is 13.6. The van der Waals surface area contributed by atoms with Gasteiger partial charge in [-0.15, -0.1) is 13.2 Å². The van der Waals surface area contributed by atoms with Gasteiger partial charge in [0, 0.05) is 80.0 Å². The van der Waals surface area contributed by atoms with Crippen molar-refractivity contribution in [3.8, 4) is 11.8 Å². The molecular formula is C27H29F3N8O8. The van der Waals surface area contributed by atoms with Crippen molar-refractivity contribution in [2.45, 2.75) is 25.5 Å². The van der Waals surface area contributed by atoms with E-state index in [2.05, 4.69) is 34.4 Å². The number of rotatable bonds is 9. The fraction of sp³-hybridized carbons (Fsp3) is 0.370. The zero-order chi connectivity index (χ0) is 33.4. The van der Waals surface area contributed by atoms with Crippen LogP contribution < -0.4 is 19.3 Å². The average molecular weight is 651 g/mol. The molecule has 1 saturated heterocycles. The summed E-state index contributed by atoms with van der Waals surface area (Å²) in [4.78, 5) is 48.7. The summed E-state index contributed by atoms with van der Waals surface area (Å²) in [6, 6.07) is 6.10. The quantitative estimate of drug-likeness (QED) is 0.195. The number of benzene rings is 1. The number of nitro groups is 1. The minimum Gasteiger partial charge on any atom is -0.478 e. The van der Waals surface area contributed by atoms with Crippen molar-refractivity contribution in [2.75, 3.05) is 49.6 Å². The average Bonchev–Trinajstić information content (AvgIpc) is 3.45. The molecule has 0 bridgehead atoms. The van der Waals surface area contributed by atoms with Gasteiger partial charge in [-0.1, -0.05) is 0 Å². The summed E-state index contributed by atoms with van der Waals surface area (Å²) < 4.78 is 48.3. The maximum absolute atomic E-state index is 12.4. The third-order valence-electron chi connectivity index (χ3n) is 6.84. The molecule has 246 valence electrons. The Kier molecular flexibility index (Phi) is 10.6. The highest BCUT2D eigenvalue weighted by molar-refractivity contribution is 5.89. The Hall–Kier alpha value is -5.46. The molecule has 0 radical (unpaired) electrons. The van der Waals surface area contributed by atoms with E-state index in [0.29, 0.717) is 64.0 Å². The maximum atomic E-state index is 12.4. The lowest BCUT2D eigenvalue weighted by Gasteiger charge is -2.36. The van der Waals surface area contributed by atoms with E-state index in [1.54, 1.807) is 29.1 Å². The van der Waals surface area contributed by atoms with Crippen LogP contribution in [0.1, 0.15) is 5.56 Å². The molecular weight excluding hydrogens is 621 g/mol. The molecule has 4 heterocycles. The number of piperazine rings is 1. The number of carboxylic acids is 2. The minimum absolute atomic E-state index is 0.00171. The van der Waals surface area contributed by atoms with Gasteiger partial charge in [0.05, 0.1) is 6.04 Å². The van der Waals surface area contributed by atoms with Crippen LogP contribution in [0.5, 0.6) is 11.8 Å². The van der Waals surface area contributed by atoms with Crippen LogP contribution in [0, 0.1) is 10.1 Å². The van der Waals surface area contributed by atoms with Crippen molar-refractivity contribution >= 4 is 29.4 Å². The Morgan fingerprint density at radius 3 is 2.22 bits per heavy atom. The predicted molar refractivity (Wildman–Crippen MR) is 154 cm³/mol. The summed E-state index contributed by atoms with van der Waals surface area (Å²) in [5.74, 6) is -2.38. The molecule has 0 amide bonds. The Bertz CT molecular complexity index is 1530. The number of halogens is 3. The number of hydrogen-bond acceptors (Lipinski definition) is 12. The highest BCUT2D eigenvalue weighted by Crippen LogP contribution is 2.27. The van der Waals surface area contributed by atoms with Crippen LogP contribution in [0.25, 0.3) is 0 Å². The van der Waals surface area contributed by atoms with Crippen molar-refractivity contribution in [2.24, 2.45) is 0 Å². The number of ether oxygens (including phenoxy) is 2. The monoisotopic (exact) mass is 650 g/mol. The molecule has 46 heavy (non-hydrogen) atoms. The van der Waals surface area contributed by atoms with Gasteiger partial charge in [0.2, 0.25) is 5.95 Å². The zero-order valence-corrected chi connectivity index (χ0v) is 24.3. The van der Waals surface area contributed by atoms with Crippen molar-refractivity contribution < 1.29 is 47.4 Å². The number of alkyl halides is 3. The van der Waals surface area contributed by atoms with Crippen molar-refractivity contribution in [3.05, 3.63) is 70.7 Å². The van der Waals surface area contributed by atoms with E-state index >= 15 is 0 Å². The maximum Gasteiger partial charge on any atom is 0.573 e. The number of carbonyl (C=O) groups is 2. The number of nitrogens with zero attached hydrogens (tertiary/aromatic N) is 8. The van der Waals surface area contributed by atoms with Gasteiger partial charge in [-0.25, -0.2) is 19.6 Å². The third-order valence-corrected chi connectivity index (χ3v) is 6.84. The SMILES string of the molecule is CN(Cc1cnc(N2CCN(c3ccc(OC(F)(F)F)cc3)CC2)nc1)C1COc2nc([N+](=O)[O-])cn2C1.O=C(O)/C=C/C(=O)O. The Balaban J connectivity index is 0.000000533. The predicted octanol–water partition coefficient (Wildman–Crippen LogP) is 2.41. The molecule has 1 atom stereocenters. The molecule has 0 aliphatic carbocycles. The molecule has 16 nitrogen and oxygen atoms in total. The van der Waals surface area contributed by atoms with Crippen LogP contribution in [0.15, 0.2) is 55.0 Å². The van der Waals surface area contributed by atoms with Gasteiger partial charge >= 0.3 is 30.1 Å². The molecule has 19 heteroatoms. The van der Waals surface area contributed by atoms with E-state index in [0.717, 1.165) is 11.3 Å². The van der Waals surface area contributed by atoms with E-state index in [4.69, 9.17) is 14.9 Å². The number of aliphatic carboxylic acids is 2. The van der Waals surface area contributed by atoms with E-state index in [1.807, 2.05) is 7.05 Å². The lowest BCUT2D eigenvalue weighted by Crippen LogP contribution is -2.47. The van der Waals surface area contributed by atoms with Crippen LogP contribution in [-0.4, -0.2) is 104 Å². The first kappa shape index (κ1) is 33.4. The summed E-state index contributed by atoms with van der Waals surface area (Å²) in [6.45, 7) is 4.13. The fourth-order valence-electron chi connectivity index (χ4n) is 4.61. The number of imidazole rings is 1. The summed E-state index contributed by atoms with van der Waals surface area (Å²) in [5, 5.41) is 26.6. The first-order valence-corrected chi connectivity index (χ1v) is 13.6. The van der Waals surface area contributed by atoms with Gasteiger partial charge in [0.15, 0.2) is 0 Å². The number of anilines is 2. The van der Waals surface area contributed by atoms with Gasteiger partial charge in [-0.05, 0) is 36.2 Å². The molecule has 2 aromatic heterocycles. The molecule has 1 aromatic carbocycles. The molecule has 2 aliphatic rings. The van der Waals surface area contributed by atoms with Crippen LogP contribution >= 0.6 is 0 Å². The van der Waals surface area contributed by atoms with E-state index in [-0.39, 0.29) is 23.6 Å². The molecule has 5 rings (SSSR count). The molecule has 1 fully saturated rings. The summed E-state index contributed by atoms with van der Waals surface area (Å²) in [6.07, 6.45) is 1.34. The van der Waals surface area contributed by atoms with Crippen molar-refractivity contribution in [3.63, 3.8) is 0 Å².